The fourth-order valence-electron chi connectivity index (χ4n) is 1.36. The van der Waals surface area contributed by atoms with E-state index in [1.54, 1.807) is 26.3 Å². The van der Waals surface area contributed by atoms with Gasteiger partial charge in [0.25, 0.3) is 5.91 Å². The second-order valence-electron chi connectivity index (χ2n) is 4.36. The van der Waals surface area contributed by atoms with E-state index >= 15 is 0 Å². The Hall–Kier alpha value is -0.610. The summed E-state index contributed by atoms with van der Waals surface area (Å²) in [5, 5.41) is 18.4. The van der Waals surface area contributed by atoms with Gasteiger partial charge in [-0.1, -0.05) is 13.8 Å². The Kier molecular flexibility index (Phi) is 3.47. The molecule has 0 aromatic rings. The quantitative estimate of drug-likeness (QED) is 0.457. The highest BCUT2D eigenvalue weighted by atomic mass is 16.5. The number of rotatable bonds is 3. The molecule has 13 heavy (non-hydrogen) atoms. The first-order valence-corrected chi connectivity index (χ1v) is 4.34. The monoisotopic (exact) mass is 189 g/mol. The van der Waals surface area contributed by atoms with Crippen molar-refractivity contribution in [2.24, 2.45) is 11.3 Å². The maximum absolute atomic E-state index is 11.4. The summed E-state index contributed by atoms with van der Waals surface area (Å²) in [7, 11) is 0. The van der Waals surface area contributed by atoms with Crippen molar-refractivity contribution in [3.8, 4) is 0 Å². The molecule has 0 radical (unpaired) electrons. The molecular formula is C9H19NO3. The zero-order valence-electron chi connectivity index (χ0n) is 8.88. The van der Waals surface area contributed by atoms with Gasteiger partial charge in [-0.2, -0.15) is 0 Å². The van der Waals surface area contributed by atoms with Gasteiger partial charge in [0.05, 0.1) is 11.0 Å². The van der Waals surface area contributed by atoms with Gasteiger partial charge in [0.1, 0.15) is 0 Å². The molecule has 0 heterocycles. The number of aliphatic hydroxyl groups is 1. The third kappa shape index (κ3) is 2.00. The second kappa shape index (κ2) is 3.64. The molecule has 78 valence electrons. The van der Waals surface area contributed by atoms with Crippen molar-refractivity contribution in [3.05, 3.63) is 0 Å². The number of carbonyl (C=O) groups is 1. The summed E-state index contributed by atoms with van der Waals surface area (Å²) in [6.07, 6.45) is 0. The highest BCUT2D eigenvalue weighted by Crippen LogP contribution is 2.38. The molecule has 1 unspecified atom stereocenters. The smallest absolute Gasteiger partial charge is 0.252 e. The Morgan fingerprint density at radius 3 is 1.77 bits per heavy atom. The van der Waals surface area contributed by atoms with Gasteiger partial charge in [-0.3, -0.25) is 10.0 Å². The highest BCUT2D eigenvalue weighted by Gasteiger charge is 2.48. The Bertz CT molecular complexity index is 196. The van der Waals surface area contributed by atoms with Gasteiger partial charge in [-0.15, -0.1) is 0 Å². The molecule has 0 aliphatic rings. The molecule has 0 spiro atoms. The molecule has 1 atom stereocenters. The number of nitrogens with one attached hydrogen (secondary N) is 1. The van der Waals surface area contributed by atoms with E-state index in [0.29, 0.717) is 0 Å². The largest absolute Gasteiger partial charge is 0.389 e. The molecule has 0 aliphatic carbocycles. The maximum Gasteiger partial charge on any atom is 0.252 e. The number of hydroxylamine groups is 1. The molecule has 0 bridgehead atoms. The summed E-state index contributed by atoms with van der Waals surface area (Å²) >= 11 is 0. The Morgan fingerprint density at radius 1 is 1.31 bits per heavy atom. The van der Waals surface area contributed by atoms with E-state index in [0.717, 1.165) is 0 Å². The lowest BCUT2D eigenvalue weighted by molar-refractivity contribution is -0.159. The minimum Gasteiger partial charge on any atom is -0.389 e. The van der Waals surface area contributed by atoms with Crippen LogP contribution in [0, 0.1) is 11.3 Å². The SMILES string of the molecule is CC(C)C(C)(C(=O)NO)C(C)(C)O. The summed E-state index contributed by atoms with van der Waals surface area (Å²) in [6, 6.07) is 0. The van der Waals surface area contributed by atoms with Crippen LogP contribution in [0.5, 0.6) is 0 Å². The van der Waals surface area contributed by atoms with E-state index < -0.39 is 16.9 Å². The van der Waals surface area contributed by atoms with Crippen LogP contribution < -0.4 is 5.48 Å². The van der Waals surface area contributed by atoms with E-state index in [1.165, 1.54) is 0 Å². The predicted molar refractivity (Wildman–Crippen MR) is 49.2 cm³/mol. The lowest BCUT2D eigenvalue weighted by Gasteiger charge is -2.41. The standard InChI is InChI=1S/C9H19NO3/c1-6(2)9(5,7(11)10-13)8(3,4)12/h6,12-13H,1-5H3,(H,10,11). The van der Waals surface area contributed by atoms with Crippen LogP contribution in [0.1, 0.15) is 34.6 Å². The first kappa shape index (κ1) is 12.4. The molecule has 0 rings (SSSR count). The van der Waals surface area contributed by atoms with Crippen molar-refractivity contribution in [2.75, 3.05) is 0 Å². The van der Waals surface area contributed by atoms with Crippen molar-refractivity contribution in [2.45, 2.75) is 40.2 Å². The van der Waals surface area contributed by atoms with Crippen molar-refractivity contribution in [1.29, 1.82) is 0 Å². The average molecular weight is 189 g/mol. The van der Waals surface area contributed by atoms with Gasteiger partial charge < -0.3 is 5.11 Å². The molecule has 0 fully saturated rings. The normalized spacial score (nSPS) is 16.9. The van der Waals surface area contributed by atoms with E-state index in [2.05, 4.69) is 0 Å². The van der Waals surface area contributed by atoms with Gasteiger partial charge in [0.2, 0.25) is 0 Å². The number of carbonyl (C=O) groups excluding carboxylic acids is 1. The maximum atomic E-state index is 11.4. The molecule has 0 saturated heterocycles. The van der Waals surface area contributed by atoms with E-state index in [1.807, 2.05) is 13.8 Å². The van der Waals surface area contributed by atoms with Gasteiger partial charge in [0.15, 0.2) is 0 Å². The zero-order valence-corrected chi connectivity index (χ0v) is 8.88. The van der Waals surface area contributed by atoms with Gasteiger partial charge >= 0.3 is 0 Å². The van der Waals surface area contributed by atoms with E-state index in [-0.39, 0.29) is 5.92 Å². The van der Waals surface area contributed by atoms with Crippen LogP contribution in [-0.4, -0.2) is 21.8 Å². The summed E-state index contributed by atoms with van der Waals surface area (Å²) in [5.41, 5.74) is -0.576. The number of hydrogen-bond acceptors (Lipinski definition) is 3. The minimum atomic E-state index is -1.17. The predicted octanol–water partition coefficient (Wildman–Crippen LogP) is 0.925. The Labute approximate surface area is 78.9 Å². The molecule has 1 amide bonds. The minimum absolute atomic E-state index is 0.0698. The summed E-state index contributed by atoms with van der Waals surface area (Å²) in [4.78, 5) is 11.4. The summed E-state index contributed by atoms with van der Waals surface area (Å²) in [6.45, 7) is 8.40. The van der Waals surface area contributed by atoms with Crippen LogP contribution in [0.2, 0.25) is 0 Å². The van der Waals surface area contributed by atoms with Crippen molar-refractivity contribution in [3.63, 3.8) is 0 Å². The zero-order chi connectivity index (χ0) is 10.9. The molecule has 3 N–H and O–H groups in total. The van der Waals surface area contributed by atoms with Crippen LogP contribution in [0.4, 0.5) is 0 Å². The molecule has 0 aromatic heterocycles. The molecule has 0 aromatic carbocycles. The molecule has 4 heteroatoms. The summed E-state index contributed by atoms with van der Waals surface area (Å²) < 4.78 is 0. The Morgan fingerprint density at radius 2 is 1.69 bits per heavy atom. The van der Waals surface area contributed by atoms with Gasteiger partial charge in [0, 0.05) is 0 Å². The molecule has 0 saturated carbocycles. The average Bonchev–Trinajstić information content (AvgIpc) is 1.98. The van der Waals surface area contributed by atoms with Gasteiger partial charge in [-0.25, -0.2) is 5.48 Å². The van der Waals surface area contributed by atoms with Crippen molar-refractivity contribution in [1.82, 2.24) is 5.48 Å². The topological polar surface area (TPSA) is 69.6 Å². The number of hydrogen-bond donors (Lipinski definition) is 3. The lowest BCUT2D eigenvalue weighted by atomic mass is 9.67. The first-order chi connectivity index (χ1) is 5.67. The fraction of sp³-hybridized carbons (Fsp3) is 0.889. The fourth-order valence-corrected chi connectivity index (χ4v) is 1.36. The third-order valence-electron chi connectivity index (χ3n) is 3.00. The second-order valence-corrected chi connectivity index (χ2v) is 4.36. The summed E-state index contributed by atoms with van der Waals surface area (Å²) in [5.74, 6) is -0.630. The Balaban J connectivity index is 5.08. The first-order valence-electron chi connectivity index (χ1n) is 4.34. The molecule has 4 nitrogen and oxygen atoms in total. The third-order valence-corrected chi connectivity index (χ3v) is 3.00. The van der Waals surface area contributed by atoms with E-state index in [9.17, 15) is 9.90 Å². The van der Waals surface area contributed by atoms with Crippen molar-refractivity contribution >= 4 is 5.91 Å². The number of amides is 1. The van der Waals surface area contributed by atoms with Crippen molar-refractivity contribution < 1.29 is 15.1 Å². The molecular weight excluding hydrogens is 170 g/mol. The van der Waals surface area contributed by atoms with E-state index in [4.69, 9.17) is 5.21 Å². The van der Waals surface area contributed by atoms with Crippen LogP contribution in [0.15, 0.2) is 0 Å². The van der Waals surface area contributed by atoms with Gasteiger partial charge in [-0.05, 0) is 26.7 Å². The highest BCUT2D eigenvalue weighted by molar-refractivity contribution is 5.82. The van der Waals surface area contributed by atoms with Crippen LogP contribution in [-0.2, 0) is 4.79 Å². The van der Waals surface area contributed by atoms with Crippen LogP contribution >= 0.6 is 0 Å². The van der Waals surface area contributed by atoms with Crippen LogP contribution in [0.3, 0.4) is 0 Å². The van der Waals surface area contributed by atoms with Crippen LogP contribution in [0.25, 0.3) is 0 Å². The lowest BCUT2D eigenvalue weighted by Crippen LogP contribution is -2.54. The molecule has 0 aliphatic heterocycles.